The molecule has 0 rings (SSSR count). The Morgan fingerprint density at radius 1 is 0.857 bits per heavy atom. The van der Waals surface area contributed by atoms with E-state index in [1.807, 2.05) is 13.8 Å². The van der Waals surface area contributed by atoms with Crippen molar-refractivity contribution in [2.24, 2.45) is 11.8 Å². The van der Waals surface area contributed by atoms with E-state index in [2.05, 4.69) is 13.8 Å². The van der Waals surface area contributed by atoms with Crippen LogP contribution in [0.3, 0.4) is 0 Å². The van der Waals surface area contributed by atoms with E-state index in [1.165, 1.54) is 0 Å². The summed E-state index contributed by atoms with van der Waals surface area (Å²) in [6.07, 6.45) is 6.74. The lowest BCUT2D eigenvalue weighted by Gasteiger charge is -2.18. The van der Waals surface area contributed by atoms with Crippen molar-refractivity contribution in [3.05, 3.63) is 0 Å². The van der Waals surface area contributed by atoms with Crippen LogP contribution in [0.25, 0.3) is 0 Å². The largest absolute Gasteiger partial charge is 0.465 e. The number of rotatable bonds is 16. The van der Waals surface area contributed by atoms with E-state index >= 15 is 0 Å². The summed E-state index contributed by atoms with van der Waals surface area (Å²) in [5, 5.41) is -1.95. The minimum atomic E-state index is -4.76. The Balaban J connectivity index is 4.73. The summed E-state index contributed by atoms with van der Waals surface area (Å²) in [7, 11) is -4.76. The molecule has 1 N–H and O–H groups in total. The van der Waals surface area contributed by atoms with Gasteiger partial charge in [0.15, 0.2) is 5.25 Å². The fourth-order valence-corrected chi connectivity index (χ4v) is 3.48. The Bertz CT molecular complexity index is 545. The number of carbonyl (C=O) groups excluding carboxylic acids is 2. The number of hydrogen-bond donors (Lipinski definition) is 1. The summed E-state index contributed by atoms with van der Waals surface area (Å²) >= 11 is 0. The molecule has 3 atom stereocenters. The Morgan fingerprint density at radius 3 is 1.71 bits per heavy atom. The molecule has 0 spiro atoms. The van der Waals surface area contributed by atoms with Gasteiger partial charge in [0.2, 0.25) is 0 Å². The summed E-state index contributed by atoms with van der Waals surface area (Å²) in [5.41, 5.74) is 0. The van der Waals surface area contributed by atoms with Crippen LogP contribution in [0.2, 0.25) is 0 Å². The molecule has 0 saturated carbocycles. The Morgan fingerprint density at radius 2 is 1.32 bits per heavy atom. The molecule has 0 aliphatic heterocycles. The van der Waals surface area contributed by atoms with E-state index in [1.54, 1.807) is 0 Å². The quantitative estimate of drug-likeness (QED) is 0.294. The molecule has 0 fully saturated rings. The topological polar surface area (TPSA) is 107 Å². The predicted molar refractivity (Wildman–Crippen MR) is 108 cm³/mol. The second-order valence-corrected chi connectivity index (χ2v) is 8.95. The van der Waals surface area contributed by atoms with Crippen LogP contribution in [0.4, 0.5) is 0 Å². The summed E-state index contributed by atoms with van der Waals surface area (Å²) in [4.78, 5) is 24.2. The number of unbranched alkanes of at least 4 members (excludes halogenated alkanes) is 2. The minimum absolute atomic E-state index is 0.0747. The molecule has 0 radical (unpaired) electrons. The molecule has 0 amide bonds. The lowest BCUT2D eigenvalue weighted by atomic mass is 10.0. The van der Waals surface area contributed by atoms with Gasteiger partial charge in [-0.05, 0) is 24.7 Å². The maximum absolute atomic E-state index is 12.2. The highest BCUT2D eigenvalue weighted by Gasteiger charge is 2.36. The molecule has 8 heteroatoms. The fraction of sp³-hybridized carbons (Fsp3) is 0.900. The number of carbonyl (C=O) groups is 2. The molecule has 0 bridgehead atoms. The molecule has 28 heavy (non-hydrogen) atoms. The van der Waals surface area contributed by atoms with Crippen LogP contribution < -0.4 is 0 Å². The molecule has 0 aromatic heterocycles. The molecular formula is C20H38O7S. The van der Waals surface area contributed by atoms with Gasteiger partial charge in [0, 0.05) is 0 Å². The summed E-state index contributed by atoms with van der Waals surface area (Å²) in [6.45, 7) is 8.35. The molecular weight excluding hydrogens is 384 g/mol. The summed E-state index contributed by atoms with van der Waals surface area (Å²) in [6, 6.07) is 0. The zero-order valence-corrected chi connectivity index (χ0v) is 18.6. The molecule has 0 aromatic rings. The molecule has 0 aliphatic carbocycles. The van der Waals surface area contributed by atoms with Gasteiger partial charge in [-0.2, -0.15) is 8.42 Å². The van der Waals surface area contributed by atoms with Crippen LogP contribution in [0.5, 0.6) is 0 Å². The molecule has 7 nitrogen and oxygen atoms in total. The SMILES string of the molecule is CCCCC(CC)COC(=O)C(CC(=O)OC[C@@H](CC)CCCC)S(=O)(=O)O. The van der Waals surface area contributed by atoms with Gasteiger partial charge in [-0.1, -0.05) is 66.2 Å². The van der Waals surface area contributed by atoms with E-state index in [9.17, 15) is 22.6 Å². The van der Waals surface area contributed by atoms with Gasteiger partial charge in [-0.3, -0.25) is 14.1 Å². The van der Waals surface area contributed by atoms with E-state index < -0.39 is 33.7 Å². The number of hydrogen-bond acceptors (Lipinski definition) is 6. The highest BCUT2D eigenvalue weighted by atomic mass is 32.2. The lowest BCUT2D eigenvalue weighted by molar-refractivity contribution is -0.151. The lowest BCUT2D eigenvalue weighted by Crippen LogP contribution is -2.35. The van der Waals surface area contributed by atoms with Crippen LogP contribution in [0.15, 0.2) is 0 Å². The number of ether oxygens (including phenoxy) is 2. The van der Waals surface area contributed by atoms with Gasteiger partial charge in [0.25, 0.3) is 10.1 Å². The van der Waals surface area contributed by atoms with Crippen LogP contribution in [0.1, 0.15) is 85.5 Å². The zero-order valence-electron chi connectivity index (χ0n) is 17.8. The Hall–Kier alpha value is -1.15. The van der Waals surface area contributed by atoms with Crippen LogP contribution in [-0.4, -0.2) is 43.4 Å². The molecule has 0 heterocycles. The van der Waals surface area contributed by atoms with Crippen molar-refractivity contribution in [1.29, 1.82) is 0 Å². The smallest absolute Gasteiger partial charge is 0.327 e. The second kappa shape index (κ2) is 14.8. The van der Waals surface area contributed by atoms with E-state index in [0.29, 0.717) is 0 Å². The normalized spacial score (nSPS) is 14.9. The van der Waals surface area contributed by atoms with Gasteiger partial charge in [0.05, 0.1) is 19.6 Å². The fourth-order valence-electron chi connectivity index (χ4n) is 2.82. The first-order valence-electron chi connectivity index (χ1n) is 10.5. The highest BCUT2D eigenvalue weighted by molar-refractivity contribution is 7.87. The zero-order chi connectivity index (χ0) is 21.6. The first-order valence-corrected chi connectivity index (χ1v) is 12.0. The highest BCUT2D eigenvalue weighted by Crippen LogP contribution is 2.17. The average Bonchev–Trinajstić information content (AvgIpc) is 2.65. The molecule has 0 aliphatic rings. The summed E-state index contributed by atoms with van der Waals surface area (Å²) in [5.74, 6) is -1.61. The van der Waals surface area contributed by atoms with Crippen LogP contribution >= 0.6 is 0 Å². The first-order chi connectivity index (χ1) is 13.2. The molecule has 166 valence electrons. The van der Waals surface area contributed by atoms with E-state index in [4.69, 9.17) is 9.47 Å². The summed E-state index contributed by atoms with van der Waals surface area (Å²) < 4.78 is 42.8. The van der Waals surface area contributed by atoms with Gasteiger partial charge >= 0.3 is 11.9 Å². The average molecular weight is 423 g/mol. The van der Waals surface area contributed by atoms with Crippen molar-refractivity contribution in [3.63, 3.8) is 0 Å². The predicted octanol–water partition coefficient (Wildman–Crippen LogP) is 4.15. The van der Waals surface area contributed by atoms with Crippen LogP contribution in [-0.2, 0) is 29.2 Å². The van der Waals surface area contributed by atoms with Crippen LogP contribution in [0, 0.1) is 11.8 Å². The van der Waals surface area contributed by atoms with Gasteiger partial charge in [0.1, 0.15) is 0 Å². The van der Waals surface area contributed by atoms with Gasteiger partial charge in [-0.15, -0.1) is 0 Å². The Labute approximate surface area is 170 Å². The molecule has 0 aromatic carbocycles. The Kier molecular flexibility index (Phi) is 14.2. The van der Waals surface area contributed by atoms with Gasteiger partial charge < -0.3 is 9.47 Å². The van der Waals surface area contributed by atoms with E-state index in [0.717, 1.165) is 51.4 Å². The minimum Gasteiger partial charge on any atom is -0.465 e. The van der Waals surface area contributed by atoms with Gasteiger partial charge in [-0.25, -0.2) is 0 Å². The van der Waals surface area contributed by atoms with Crippen molar-refractivity contribution in [1.82, 2.24) is 0 Å². The number of esters is 2. The third kappa shape index (κ3) is 11.6. The van der Waals surface area contributed by atoms with Crippen molar-refractivity contribution >= 4 is 22.1 Å². The maximum atomic E-state index is 12.2. The second-order valence-electron chi connectivity index (χ2n) is 7.35. The maximum Gasteiger partial charge on any atom is 0.327 e. The van der Waals surface area contributed by atoms with E-state index in [-0.39, 0.29) is 25.0 Å². The van der Waals surface area contributed by atoms with Crippen molar-refractivity contribution in [3.8, 4) is 0 Å². The third-order valence-electron chi connectivity index (χ3n) is 5.00. The standard InChI is InChI=1S/C20H38O7S/c1-5-9-11-16(7-3)14-26-19(21)13-18(28(23,24)25)20(22)27-15-17(8-4)12-10-6-2/h16-18H,5-15H2,1-4H3,(H,23,24,25)/t16-,17?,18?/m0/s1. The molecule has 0 saturated heterocycles. The van der Waals surface area contributed by atoms with Crippen molar-refractivity contribution in [2.45, 2.75) is 90.7 Å². The van der Waals surface area contributed by atoms with Crippen molar-refractivity contribution in [2.75, 3.05) is 13.2 Å². The van der Waals surface area contributed by atoms with Crippen molar-refractivity contribution < 1.29 is 32.0 Å². The third-order valence-corrected chi connectivity index (χ3v) is 6.08. The monoisotopic (exact) mass is 422 g/mol. The molecule has 2 unspecified atom stereocenters. The first kappa shape index (κ1) is 26.9.